The van der Waals surface area contributed by atoms with Gasteiger partial charge in [-0.15, -0.1) is 0 Å². The maximum absolute atomic E-state index is 13.5. The fraction of sp³-hybridized carbons (Fsp3) is 0.588. The number of hydrogen-bond acceptors (Lipinski definition) is 2. The molecule has 0 saturated carbocycles. The number of halogens is 1. The summed E-state index contributed by atoms with van der Waals surface area (Å²) in [6.45, 7) is 5.55. The minimum absolute atomic E-state index is 0.112. The molecular formula is C17H24FNO2. The average Bonchev–Trinajstić information content (AvgIpc) is 2.46. The lowest BCUT2D eigenvalue weighted by Crippen LogP contribution is -2.41. The molecular weight excluding hydrogens is 269 g/mol. The molecule has 4 heteroatoms. The summed E-state index contributed by atoms with van der Waals surface area (Å²) in [6, 6.07) is 6.65. The highest BCUT2D eigenvalue weighted by atomic mass is 19.1. The van der Waals surface area contributed by atoms with Gasteiger partial charge in [-0.25, -0.2) is 4.39 Å². The largest absolute Gasteiger partial charge is 0.375 e. The molecule has 1 aliphatic heterocycles. The highest BCUT2D eigenvalue weighted by Crippen LogP contribution is 2.17. The average molecular weight is 293 g/mol. The lowest BCUT2D eigenvalue weighted by atomic mass is 10.1. The molecule has 1 aliphatic rings. The first-order chi connectivity index (χ1) is 10.1. The molecule has 1 amide bonds. The zero-order valence-corrected chi connectivity index (χ0v) is 12.8. The first-order valence-electron chi connectivity index (χ1n) is 7.73. The van der Waals surface area contributed by atoms with Crippen LogP contribution in [0.4, 0.5) is 4.39 Å². The first-order valence-corrected chi connectivity index (χ1v) is 7.73. The van der Waals surface area contributed by atoms with Gasteiger partial charge in [-0.05, 0) is 44.7 Å². The van der Waals surface area contributed by atoms with Crippen LogP contribution in [0.15, 0.2) is 24.3 Å². The third kappa shape index (κ3) is 4.81. The van der Waals surface area contributed by atoms with Crippen molar-refractivity contribution in [1.82, 2.24) is 4.90 Å². The van der Waals surface area contributed by atoms with Crippen molar-refractivity contribution in [3.05, 3.63) is 35.6 Å². The lowest BCUT2D eigenvalue weighted by molar-refractivity contribution is -0.134. The standard InChI is InChI=1S/C17H24FNO2/c1-13(2)21-15-9-11-19(12-10-15)17(20)8-7-14-5-3-4-6-16(14)18/h3-6,13,15H,7-12H2,1-2H3. The van der Waals surface area contributed by atoms with Crippen molar-refractivity contribution in [1.29, 1.82) is 0 Å². The minimum Gasteiger partial charge on any atom is -0.375 e. The van der Waals surface area contributed by atoms with E-state index in [0.29, 0.717) is 18.4 Å². The van der Waals surface area contributed by atoms with Crippen molar-refractivity contribution in [2.75, 3.05) is 13.1 Å². The molecule has 21 heavy (non-hydrogen) atoms. The number of rotatable bonds is 5. The number of ether oxygens (including phenoxy) is 1. The van der Waals surface area contributed by atoms with Gasteiger partial charge in [0.2, 0.25) is 5.91 Å². The van der Waals surface area contributed by atoms with E-state index in [2.05, 4.69) is 0 Å². The molecule has 2 rings (SSSR count). The Labute approximate surface area is 126 Å². The number of likely N-dealkylation sites (tertiary alicyclic amines) is 1. The molecule has 1 saturated heterocycles. The molecule has 116 valence electrons. The predicted molar refractivity (Wildman–Crippen MR) is 80.5 cm³/mol. The highest BCUT2D eigenvalue weighted by Gasteiger charge is 2.23. The summed E-state index contributed by atoms with van der Waals surface area (Å²) >= 11 is 0. The van der Waals surface area contributed by atoms with Crippen LogP contribution in [-0.2, 0) is 16.0 Å². The molecule has 0 atom stereocenters. The van der Waals surface area contributed by atoms with E-state index in [9.17, 15) is 9.18 Å². The van der Waals surface area contributed by atoms with E-state index in [1.807, 2.05) is 18.7 Å². The van der Waals surface area contributed by atoms with Crippen LogP contribution >= 0.6 is 0 Å². The van der Waals surface area contributed by atoms with E-state index >= 15 is 0 Å². The van der Waals surface area contributed by atoms with Gasteiger partial charge in [0.25, 0.3) is 0 Å². The number of amides is 1. The second kappa shape index (κ2) is 7.55. The Morgan fingerprint density at radius 3 is 2.62 bits per heavy atom. The number of hydrogen-bond donors (Lipinski definition) is 0. The van der Waals surface area contributed by atoms with E-state index in [1.165, 1.54) is 6.07 Å². The summed E-state index contributed by atoms with van der Waals surface area (Å²) in [7, 11) is 0. The van der Waals surface area contributed by atoms with Gasteiger partial charge in [0.15, 0.2) is 0 Å². The molecule has 0 aliphatic carbocycles. The smallest absolute Gasteiger partial charge is 0.222 e. The van der Waals surface area contributed by atoms with Crippen molar-refractivity contribution < 1.29 is 13.9 Å². The van der Waals surface area contributed by atoms with Crippen LogP contribution in [0.1, 0.15) is 38.7 Å². The normalized spacial score (nSPS) is 16.5. The maximum Gasteiger partial charge on any atom is 0.222 e. The van der Waals surface area contributed by atoms with Gasteiger partial charge in [0, 0.05) is 19.5 Å². The number of piperidine rings is 1. The van der Waals surface area contributed by atoms with Crippen LogP contribution in [0.5, 0.6) is 0 Å². The Kier molecular flexibility index (Phi) is 5.74. The molecule has 3 nitrogen and oxygen atoms in total. The van der Waals surface area contributed by atoms with E-state index < -0.39 is 0 Å². The number of benzene rings is 1. The molecule has 0 bridgehead atoms. The zero-order chi connectivity index (χ0) is 15.2. The predicted octanol–water partition coefficient (Wildman–Crippen LogP) is 3.17. The van der Waals surface area contributed by atoms with Gasteiger partial charge < -0.3 is 9.64 Å². The Balaban J connectivity index is 1.76. The topological polar surface area (TPSA) is 29.5 Å². The van der Waals surface area contributed by atoms with Crippen LogP contribution < -0.4 is 0 Å². The maximum atomic E-state index is 13.5. The van der Waals surface area contributed by atoms with Crippen LogP contribution in [0.25, 0.3) is 0 Å². The summed E-state index contributed by atoms with van der Waals surface area (Å²) in [4.78, 5) is 14.1. The molecule has 0 spiro atoms. The van der Waals surface area contributed by atoms with E-state index in [0.717, 1.165) is 25.9 Å². The summed E-state index contributed by atoms with van der Waals surface area (Å²) < 4.78 is 19.3. The summed E-state index contributed by atoms with van der Waals surface area (Å²) in [6.07, 6.45) is 3.12. The number of aryl methyl sites for hydroxylation is 1. The second-order valence-corrected chi connectivity index (χ2v) is 5.86. The number of nitrogens with zero attached hydrogens (tertiary/aromatic N) is 1. The van der Waals surface area contributed by atoms with E-state index in [1.54, 1.807) is 18.2 Å². The van der Waals surface area contributed by atoms with E-state index in [4.69, 9.17) is 4.74 Å². The monoisotopic (exact) mass is 293 g/mol. The Hall–Kier alpha value is -1.42. The first kappa shape index (κ1) is 16.0. The minimum atomic E-state index is -0.227. The number of carbonyl (C=O) groups excluding carboxylic acids is 1. The van der Waals surface area contributed by atoms with Gasteiger partial charge in [-0.1, -0.05) is 18.2 Å². The van der Waals surface area contributed by atoms with Crippen molar-refractivity contribution in [2.45, 2.75) is 51.7 Å². The van der Waals surface area contributed by atoms with E-state index in [-0.39, 0.29) is 23.9 Å². The molecule has 1 aromatic rings. The fourth-order valence-corrected chi connectivity index (χ4v) is 2.73. The molecule has 0 aromatic heterocycles. The van der Waals surface area contributed by atoms with Crippen molar-refractivity contribution in [3.8, 4) is 0 Å². The number of carbonyl (C=O) groups is 1. The summed E-state index contributed by atoms with van der Waals surface area (Å²) in [5.74, 6) is -0.115. The molecule has 0 radical (unpaired) electrons. The molecule has 1 heterocycles. The van der Waals surface area contributed by atoms with Gasteiger partial charge in [-0.2, -0.15) is 0 Å². The van der Waals surface area contributed by atoms with Gasteiger partial charge in [-0.3, -0.25) is 4.79 Å². The molecule has 1 aromatic carbocycles. The van der Waals surface area contributed by atoms with Gasteiger partial charge in [0.1, 0.15) is 5.82 Å². The lowest BCUT2D eigenvalue weighted by Gasteiger charge is -2.33. The Morgan fingerprint density at radius 2 is 2.00 bits per heavy atom. The summed E-state index contributed by atoms with van der Waals surface area (Å²) in [5, 5.41) is 0. The van der Waals surface area contributed by atoms with Gasteiger partial charge >= 0.3 is 0 Å². The Bertz CT molecular complexity index is 468. The second-order valence-electron chi connectivity index (χ2n) is 5.86. The van der Waals surface area contributed by atoms with Crippen molar-refractivity contribution in [3.63, 3.8) is 0 Å². The van der Waals surface area contributed by atoms with Crippen molar-refractivity contribution in [2.24, 2.45) is 0 Å². The van der Waals surface area contributed by atoms with Crippen molar-refractivity contribution >= 4 is 5.91 Å². The van der Waals surface area contributed by atoms with Crippen LogP contribution in [0, 0.1) is 5.82 Å². The fourth-order valence-electron chi connectivity index (χ4n) is 2.73. The Morgan fingerprint density at radius 1 is 1.33 bits per heavy atom. The summed E-state index contributed by atoms with van der Waals surface area (Å²) in [5.41, 5.74) is 0.615. The van der Waals surface area contributed by atoms with Gasteiger partial charge in [0.05, 0.1) is 12.2 Å². The zero-order valence-electron chi connectivity index (χ0n) is 12.8. The molecule has 0 unspecified atom stereocenters. The molecule has 1 fully saturated rings. The SMILES string of the molecule is CC(C)OC1CCN(C(=O)CCc2ccccc2F)CC1. The van der Waals surface area contributed by atoms with Crippen LogP contribution in [0.2, 0.25) is 0 Å². The molecule has 0 N–H and O–H groups in total. The third-order valence-electron chi connectivity index (χ3n) is 3.83. The van der Waals surface area contributed by atoms with Crippen LogP contribution in [-0.4, -0.2) is 36.1 Å². The third-order valence-corrected chi connectivity index (χ3v) is 3.83. The van der Waals surface area contributed by atoms with Crippen LogP contribution in [0.3, 0.4) is 0 Å². The highest BCUT2D eigenvalue weighted by molar-refractivity contribution is 5.76. The quantitative estimate of drug-likeness (QED) is 0.834.